The first kappa shape index (κ1) is 16.4. The highest BCUT2D eigenvalue weighted by Crippen LogP contribution is 2.18. The van der Waals surface area contributed by atoms with Crippen LogP contribution in [0.4, 0.5) is 11.6 Å². The zero-order chi connectivity index (χ0) is 16.9. The van der Waals surface area contributed by atoms with E-state index in [0.29, 0.717) is 17.6 Å². The first-order valence-corrected chi connectivity index (χ1v) is 8.64. The summed E-state index contributed by atoms with van der Waals surface area (Å²) in [5.74, 6) is 1.00. The largest absolute Gasteiger partial charge is 0.337 e. The number of amides is 1. The smallest absolute Gasteiger partial charge is 0.272 e. The summed E-state index contributed by atoms with van der Waals surface area (Å²) in [7, 11) is 0. The SMILES string of the molecule is CCc1ccc(Nc2nccc(C(=O)N3CCCC(C)C3)n2)cc1. The fourth-order valence-corrected chi connectivity index (χ4v) is 3.03. The van der Waals surface area contributed by atoms with Gasteiger partial charge in [0.15, 0.2) is 0 Å². The molecular weight excluding hydrogens is 300 g/mol. The van der Waals surface area contributed by atoms with Crippen LogP contribution in [-0.4, -0.2) is 33.9 Å². The van der Waals surface area contributed by atoms with Gasteiger partial charge in [0.1, 0.15) is 5.69 Å². The van der Waals surface area contributed by atoms with E-state index in [1.165, 1.54) is 12.0 Å². The minimum absolute atomic E-state index is 0.00618. The number of carbonyl (C=O) groups is 1. The van der Waals surface area contributed by atoms with E-state index in [0.717, 1.165) is 31.6 Å². The number of carbonyl (C=O) groups excluding carboxylic acids is 1. The Morgan fingerprint density at radius 1 is 1.29 bits per heavy atom. The molecule has 24 heavy (non-hydrogen) atoms. The second-order valence-corrected chi connectivity index (χ2v) is 6.44. The molecule has 0 spiro atoms. The maximum atomic E-state index is 12.6. The lowest BCUT2D eigenvalue weighted by Gasteiger charge is -2.30. The molecule has 2 heterocycles. The molecule has 1 aliphatic heterocycles. The van der Waals surface area contributed by atoms with Gasteiger partial charge in [0, 0.05) is 25.0 Å². The highest BCUT2D eigenvalue weighted by molar-refractivity contribution is 5.92. The summed E-state index contributed by atoms with van der Waals surface area (Å²) < 4.78 is 0. The van der Waals surface area contributed by atoms with Crippen LogP contribution in [0.2, 0.25) is 0 Å². The van der Waals surface area contributed by atoms with Gasteiger partial charge in [-0.25, -0.2) is 9.97 Å². The number of hydrogen-bond acceptors (Lipinski definition) is 4. The van der Waals surface area contributed by atoms with Crippen molar-refractivity contribution < 1.29 is 4.79 Å². The predicted molar refractivity (Wildman–Crippen MR) is 95.4 cm³/mol. The van der Waals surface area contributed by atoms with Crippen LogP contribution in [-0.2, 0) is 6.42 Å². The van der Waals surface area contributed by atoms with Crippen LogP contribution in [0.3, 0.4) is 0 Å². The lowest BCUT2D eigenvalue weighted by molar-refractivity contribution is 0.0677. The quantitative estimate of drug-likeness (QED) is 0.932. The van der Waals surface area contributed by atoms with Crippen molar-refractivity contribution >= 4 is 17.5 Å². The number of anilines is 2. The number of rotatable bonds is 4. The summed E-state index contributed by atoms with van der Waals surface area (Å²) in [6, 6.07) is 9.85. The highest BCUT2D eigenvalue weighted by Gasteiger charge is 2.23. The summed E-state index contributed by atoms with van der Waals surface area (Å²) in [5, 5.41) is 3.17. The monoisotopic (exact) mass is 324 g/mol. The van der Waals surface area contributed by atoms with Gasteiger partial charge in [0.2, 0.25) is 5.95 Å². The Morgan fingerprint density at radius 3 is 2.79 bits per heavy atom. The lowest BCUT2D eigenvalue weighted by atomic mass is 10.00. The molecule has 1 aromatic heterocycles. The molecule has 3 rings (SSSR count). The van der Waals surface area contributed by atoms with Gasteiger partial charge in [-0.15, -0.1) is 0 Å². The molecule has 1 saturated heterocycles. The number of benzene rings is 1. The summed E-state index contributed by atoms with van der Waals surface area (Å²) in [4.78, 5) is 23.2. The summed E-state index contributed by atoms with van der Waals surface area (Å²) in [6.07, 6.45) is 4.90. The number of piperidine rings is 1. The number of hydrogen-bond donors (Lipinski definition) is 1. The van der Waals surface area contributed by atoms with E-state index in [1.807, 2.05) is 17.0 Å². The minimum Gasteiger partial charge on any atom is -0.337 e. The first-order chi connectivity index (χ1) is 11.7. The van der Waals surface area contributed by atoms with Crippen molar-refractivity contribution in [3.8, 4) is 0 Å². The van der Waals surface area contributed by atoms with Crippen LogP contribution in [0.25, 0.3) is 0 Å². The van der Waals surface area contributed by atoms with Gasteiger partial charge in [0.25, 0.3) is 5.91 Å². The molecule has 5 nitrogen and oxygen atoms in total. The van der Waals surface area contributed by atoms with E-state index in [2.05, 4.69) is 41.3 Å². The van der Waals surface area contributed by atoms with E-state index in [1.54, 1.807) is 12.3 Å². The molecule has 0 radical (unpaired) electrons. The Morgan fingerprint density at radius 2 is 2.08 bits per heavy atom. The molecule has 1 unspecified atom stereocenters. The van der Waals surface area contributed by atoms with E-state index >= 15 is 0 Å². The van der Waals surface area contributed by atoms with Gasteiger partial charge in [-0.3, -0.25) is 4.79 Å². The summed E-state index contributed by atoms with van der Waals surface area (Å²) >= 11 is 0. The van der Waals surface area contributed by atoms with E-state index < -0.39 is 0 Å². The molecule has 0 saturated carbocycles. The highest BCUT2D eigenvalue weighted by atomic mass is 16.2. The fraction of sp³-hybridized carbons (Fsp3) is 0.421. The Kier molecular flexibility index (Phi) is 5.08. The predicted octanol–water partition coefficient (Wildman–Crippen LogP) is 3.65. The molecule has 1 aromatic carbocycles. The molecule has 1 aliphatic rings. The molecule has 1 N–H and O–H groups in total. The molecule has 1 atom stereocenters. The third-order valence-electron chi connectivity index (χ3n) is 4.44. The van der Waals surface area contributed by atoms with Crippen LogP contribution in [0.5, 0.6) is 0 Å². The zero-order valence-corrected chi connectivity index (χ0v) is 14.3. The first-order valence-electron chi connectivity index (χ1n) is 8.64. The fourth-order valence-electron chi connectivity index (χ4n) is 3.03. The van der Waals surface area contributed by atoms with Crippen LogP contribution >= 0.6 is 0 Å². The molecule has 126 valence electrons. The Bertz CT molecular complexity index is 699. The standard InChI is InChI=1S/C19H24N4O/c1-3-15-6-8-16(9-7-15)21-19-20-11-10-17(22-19)18(24)23-12-4-5-14(2)13-23/h6-11,14H,3-5,12-13H2,1-2H3,(H,20,21,22). The second kappa shape index (κ2) is 7.43. The number of nitrogens with zero attached hydrogens (tertiary/aromatic N) is 3. The van der Waals surface area contributed by atoms with Crippen molar-refractivity contribution in [1.29, 1.82) is 0 Å². The minimum atomic E-state index is -0.00618. The molecule has 0 bridgehead atoms. The zero-order valence-electron chi connectivity index (χ0n) is 14.3. The second-order valence-electron chi connectivity index (χ2n) is 6.44. The van der Waals surface area contributed by atoms with Gasteiger partial charge in [-0.1, -0.05) is 26.0 Å². The number of likely N-dealkylation sites (tertiary alicyclic amines) is 1. The van der Waals surface area contributed by atoms with Crippen molar-refractivity contribution in [3.63, 3.8) is 0 Å². The maximum Gasteiger partial charge on any atom is 0.272 e. The van der Waals surface area contributed by atoms with Crippen molar-refractivity contribution in [2.24, 2.45) is 5.92 Å². The van der Waals surface area contributed by atoms with Crippen LogP contribution < -0.4 is 5.32 Å². The maximum absolute atomic E-state index is 12.6. The third kappa shape index (κ3) is 3.91. The Labute approximate surface area is 143 Å². The number of aromatic nitrogens is 2. The van der Waals surface area contributed by atoms with E-state index in [9.17, 15) is 4.79 Å². The number of aryl methyl sites for hydroxylation is 1. The van der Waals surface area contributed by atoms with Crippen LogP contribution in [0.1, 0.15) is 42.7 Å². The van der Waals surface area contributed by atoms with Gasteiger partial charge < -0.3 is 10.2 Å². The van der Waals surface area contributed by atoms with Crippen molar-refractivity contribution in [1.82, 2.24) is 14.9 Å². The average Bonchev–Trinajstić information content (AvgIpc) is 2.62. The van der Waals surface area contributed by atoms with Gasteiger partial charge in [0.05, 0.1) is 0 Å². The molecule has 1 amide bonds. The van der Waals surface area contributed by atoms with Gasteiger partial charge >= 0.3 is 0 Å². The molecular formula is C19H24N4O. The van der Waals surface area contributed by atoms with Crippen molar-refractivity contribution in [2.45, 2.75) is 33.1 Å². The van der Waals surface area contributed by atoms with Gasteiger partial charge in [-0.2, -0.15) is 0 Å². The Hall–Kier alpha value is -2.43. The molecule has 1 fully saturated rings. The lowest BCUT2D eigenvalue weighted by Crippen LogP contribution is -2.39. The van der Waals surface area contributed by atoms with Crippen LogP contribution in [0, 0.1) is 5.92 Å². The molecule has 0 aliphatic carbocycles. The topological polar surface area (TPSA) is 58.1 Å². The Balaban J connectivity index is 1.72. The number of nitrogens with one attached hydrogen (secondary N) is 1. The average molecular weight is 324 g/mol. The summed E-state index contributed by atoms with van der Waals surface area (Å²) in [6.45, 7) is 5.94. The van der Waals surface area contributed by atoms with E-state index in [-0.39, 0.29) is 5.91 Å². The molecule has 5 heteroatoms. The van der Waals surface area contributed by atoms with Crippen molar-refractivity contribution in [3.05, 3.63) is 47.8 Å². The molecule has 2 aromatic rings. The van der Waals surface area contributed by atoms with Crippen molar-refractivity contribution in [2.75, 3.05) is 18.4 Å². The normalized spacial score (nSPS) is 17.6. The van der Waals surface area contributed by atoms with Crippen LogP contribution in [0.15, 0.2) is 36.5 Å². The van der Waals surface area contributed by atoms with E-state index in [4.69, 9.17) is 0 Å². The summed E-state index contributed by atoms with van der Waals surface area (Å²) in [5.41, 5.74) is 2.65. The third-order valence-corrected chi connectivity index (χ3v) is 4.44. The van der Waals surface area contributed by atoms with Gasteiger partial charge in [-0.05, 0) is 48.9 Å².